The quantitative estimate of drug-likeness (QED) is 0.778. The smallest absolute Gasteiger partial charge is 0.297 e. The van der Waals surface area contributed by atoms with Crippen molar-refractivity contribution in [3.63, 3.8) is 0 Å². The van der Waals surface area contributed by atoms with Crippen molar-refractivity contribution in [1.82, 2.24) is 4.90 Å². The van der Waals surface area contributed by atoms with Crippen LogP contribution in [-0.2, 0) is 14.3 Å². The molecule has 2 bridgehead atoms. The molecule has 0 N–H and O–H groups in total. The van der Waals surface area contributed by atoms with Crippen LogP contribution in [0.3, 0.4) is 0 Å². The Hall–Kier alpha value is -0.910. The number of hydrogen-bond acceptors (Lipinski definition) is 4. The summed E-state index contributed by atoms with van der Waals surface area (Å²) in [6.45, 7) is 2.91. The van der Waals surface area contributed by atoms with Gasteiger partial charge >= 0.3 is 0 Å². The van der Waals surface area contributed by atoms with Gasteiger partial charge in [0.15, 0.2) is 0 Å². The summed E-state index contributed by atoms with van der Waals surface area (Å²) in [6.07, 6.45) is 1.93. The van der Waals surface area contributed by atoms with Crippen molar-refractivity contribution < 1.29 is 12.6 Å². The summed E-state index contributed by atoms with van der Waals surface area (Å²) in [5.41, 5.74) is 0. The van der Waals surface area contributed by atoms with Crippen molar-refractivity contribution in [2.24, 2.45) is 5.92 Å². The largest absolute Gasteiger partial charge is 0.301 e. The van der Waals surface area contributed by atoms with Crippen LogP contribution in [-0.4, -0.2) is 39.1 Å². The molecule has 3 saturated heterocycles. The van der Waals surface area contributed by atoms with E-state index in [2.05, 4.69) is 4.90 Å². The van der Waals surface area contributed by atoms with E-state index in [1.165, 1.54) is 0 Å². The van der Waals surface area contributed by atoms with Gasteiger partial charge in [0.1, 0.15) is 0 Å². The van der Waals surface area contributed by atoms with Crippen molar-refractivity contribution in [2.45, 2.75) is 23.8 Å². The molecular formula is C13H17NO3S. The van der Waals surface area contributed by atoms with E-state index in [1.54, 1.807) is 30.3 Å². The summed E-state index contributed by atoms with van der Waals surface area (Å²) in [5, 5.41) is 0. The molecule has 3 aliphatic rings. The average Bonchev–Trinajstić information content (AvgIpc) is 2.41. The molecule has 4 nitrogen and oxygen atoms in total. The number of nitrogens with zero attached hydrogens (tertiary/aromatic N) is 1. The predicted molar refractivity (Wildman–Crippen MR) is 67.7 cm³/mol. The first-order valence-corrected chi connectivity index (χ1v) is 7.77. The normalized spacial score (nSPS) is 31.4. The summed E-state index contributed by atoms with van der Waals surface area (Å²) in [4.78, 5) is 2.53. The van der Waals surface area contributed by atoms with E-state index in [9.17, 15) is 8.42 Å². The first-order valence-electron chi connectivity index (χ1n) is 6.36. The number of rotatable bonds is 3. The van der Waals surface area contributed by atoms with Crippen LogP contribution >= 0.6 is 0 Å². The molecule has 1 aromatic carbocycles. The van der Waals surface area contributed by atoms with Gasteiger partial charge in [0.25, 0.3) is 10.1 Å². The van der Waals surface area contributed by atoms with Gasteiger partial charge in [-0.2, -0.15) is 8.42 Å². The van der Waals surface area contributed by atoms with Crippen LogP contribution in [0.15, 0.2) is 35.2 Å². The molecule has 0 spiro atoms. The lowest BCUT2D eigenvalue weighted by molar-refractivity contribution is -0.00428. The Morgan fingerprint density at radius 3 is 2.33 bits per heavy atom. The highest BCUT2D eigenvalue weighted by atomic mass is 32.2. The third-order valence-electron chi connectivity index (χ3n) is 3.88. The predicted octanol–water partition coefficient (Wildman–Crippen LogP) is 1.49. The van der Waals surface area contributed by atoms with Gasteiger partial charge in [-0.3, -0.25) is 4.18 Å². The van der Waals surface area contributed by atoms with Crippen molar-refractivity contribution in [1.29, 1.82) is 0 Å². The maximum atomic E-state index is 12.1. The fraction of sp³-hybridized carbons (Fsp3) is 0.538. The van der Waals surface area contributed by atoms with Crippen molar-refractivity contribution in [3.8, 4) is 0 Å². The van der Waals surface area contributed by atoms with E-state index < -0.39 is 10.1 Å². The molecular weight excluding hydrogens is 250 g/mol. The molecule has 1 aromatic rings. The molecule has 0 amide bonds. The fourth-order valence-corrected chi connectivity index (χ4v) is 3.97. The molecule has 98 valence electrons. The first kappa shape index (κ1) is 12.1. The Morgan fingerprint density at radius 2 is 1.78 bits per heavy atom. The molecule has 0 saturated carbocycles. The van der Waals surface area contributed by atoms with E-state index in [1.807, 2.05) is 0 Å². The van der Waals surface area contributed by atoms with Crippen LogP contribution in [0.2, 0.25) is 0 Å². The second-order valence-corrected chi connectivity index (χ2v) is 6.61. The maximum absolute atomic E-state index is 12.1. The van der Waals surface area contributed by atoms with Crippen LogP contribution in [0.4, 0.5) is 0 Å². The lowest BCUT2D eigenvalue weighted by atomic mass is 9.86. The zero-order chi connectivity index (χ0) is 12.6. The molecule has 18 heavy (non-hydrogen) atoms. The first-order chi connectivity index (χ1) is 8.65. The third kappa shape index (κ3) is 2.30. The highest BCUT2D eigenvalue weighted by Gasteiger charge is 2.37. The zero-order valence-electron chi connectivity index (χ0n) is 10.2. The molecule has 0 radical (unpaired) electrons. The highest BCUT2D eigenvalue weighted by molar-refractivity contribution is 7.86. The summed E-state index contributed by atoms with van der Waals surface area (Å²) >= 11 is 0. The van der Waals surface area contributed by atoms with Crippen LogP contribution in [0.25, 0.3) is 0 Å². The molecule has 0 aromatic heterocycles. The minimum absolute atomic E-state index is 0.169. The van der Waals surface area contributed by atoms with Gasteiger partial charge in [-0.25, -0.2) is 0 Å². The Labute approximate surface area is 108 Å². The number of piperidine rings is 3. The molecule has 0 aliphatic carbocycles. The molecule has 4 rings (SSSR count). The minimum atomic E-state index is -3.61. The monoisotopic (exact) mass is 267 g/mol. The van der Waals surface area contributed by atoms with Gasteiger partial charge in [-0.15, -0.1) is 0 Å². The van der Waals surface area contributed by atoms with Gasteiger partial charge in [0.05, 0.1) is 11.0 Å². The maximum Gasteiger partial charge on any atom is 0.297 e. The van der Waals surface area contributed by atoms with E-state index in [-0.39, 0.29) is 11.0 Å². The zero-order valence-corrected chi connectivity index (χ0v) is 11.0. The topological polar surface area (TPSA) is 46.6 Å². The standard InChI is InChI=1S/C13H17NO3S/c15-18(16,12-4-2-1-3-5-12)17-13-10-14-8-6-11(13)7-9-14/h1-5,11,13H,6-10H2/t13-/m0/s1. The lowest BCUT2D eigenvalue weighted by Gasteiger charge is -2.43. The van der Waals surface area contributed by atoms with E-state index in [0.717, 1.165) is 32.5 Å². The van der Waals surface area contributed by atoms with Crippen LogP contribution in [0, 0.1) is 5.92 Å². The molecule has 0 unspecified atom stereocenters. The van der Waals surface area contributed by atoms with Crippen LogP contribution < -0.4 is 0 Å². The Morgan fingerprint density at radius 1 is 1.11 bits per heavy atom. The van der Waals surface area contributed by atoms with Gasteiger partial charge < -0.3 is 4.90 Å². The van der Waals surface area contributed by atoms with Gasteiger partial charge in [0, 0.05) is 6.54 Å². The Bertz CT molecular complexity index is 506. The molecule has 3 fully saturated rings. The van der Waals surface area contributed by atoms with E-state index in [0.29, 0.717) is 5.92 Å². The summed E-state index contributed by atoms with van der Waals surface area (Å²) in [7, 11) is -3.61. The van der Waals surface area contributed by atoms with Crippen molar-refractivity contribution in [2.75, 3.05) is 19.6 Å². The third-order valence-corrected chi connectivity index (χ3v) is 5.23. The Balaban J connectivity index is 1.77. The average molecular weight is 267 g/mol. The summed E-state index contributed by atoms with van der Waals surface area (Å²) in [6, 6.07) is 8.39. The molecule has 1 atom stereocenters. The van der Waals surface area contributed by atoms with E-state index in [4.69, 9.17) is 4.18 Å². The Kier molecular flexibility index (Phi) is 3.13. The highest BCUT2D eigenvalue weighted by Crippen LogP contribution is 2.31. The van der Waals surface area contributed by atoms with Gasteiger partial charge in [0.2, 0.25) is 0 Å². The minimum Gasteiger partial charge on any atom is -0.301 e. The number of hydrogen-bond donors (Lipinski definition) is 0. The molecule has 5 heteroatoms. The fourth-order valence-electron chi connectivity index (χ4n) is 2.83. The second-order valence-electron chi connectivity index (χ2n) is 5.04. The van der Waals surface area contributed by atoms with Crippen LogP contribution in [0.5, 0.6) is 0 Å². The molecule has 3 aliphatic heterocycles. The van der Waals surface area contributed by atoms with Gasteiger partial charge in [-0.05, 0) is 44.0 Å². The lowest BCUT2D eigenvalue weighted by Crippen LogP contribution is -2.51. The second kappa shape index (κ2) is 4.64. The van der Waals surface area contributed by atoms with Crippen molar-refractivity contribution >= 4 is 10.1 Å². The number of benzene rings is 1. The van der Waals surface area contributed by atoms with E-state index >= 15 is 0 Å². The summed E-state index contributed by atoms with van der Waals surface area (Å²) < 4.78 is 29.7. The van der Waals surface area contributed by atoms with Crippen molar-refractivity contribution in [3.05, 3.63) is 30.3 Å². The summed E-state index contributed by atoms with van der Waals surface area (Å²) in [5.74, 6) is 0.397. The molecule has 3 heterocycles. The SMILES string of the molecule is O=S(=O)(O[C@H]1CN2CCC1CC2)c1ccccc1. The van der Waals surface area contributed by atoms with Crippen LogP contribution in [0.1, 0.15) is 12.8 Å². The van der Waals surface area contributed by atoms with Gasteiger partial charge in [-0.1, -0.05) is 18.2 Å². The number of fused-ring (bicyclic) bond motifs is 3.